The molecule has 0 fully saturated rings. The molecule has 0 aliphatic carbocycles. The standard InChI is InChI=1S/C10H17F3O/c1-2-3-4-5-6-7-8-9(14)10(11,12)13/h6-7,9,14H,2-5,8H2,1H3. The average molecular weight is 210 g/mol. The molecular formula is C10H17F3O. The second-order valence-corrected chi connectivity index (χ2v) is 3.26. The lowest BCUT2D eigenvalue weighted by atomic mass is 10.1. The molecule has 0 aromatic heterocycles. The molecule has 1 unspecified atom stereocenters. The zero-order valence-electron chi connectivity index (χ0n) is 8.35. The Morgan fingerprint density at radius 3 is 2.36 bits per heavy atom. The topological polar surface area (TPSA) is 20.2 Å². The van der Waals surface area contributed by atoms with Gasteiger partial charge in [0, 0.05) is 6.42 Å². The monoisotopic (exact) mass is 210 g/mol. The summed E-state index contributed by atoms with van der Waals surface area (Å²) in [6.45, 7) is 2.07. The van der Waals surface area contributed by atoms with Crippen molar-refractivity contribution in [3.8, 4) is 0 Å². The van der Waals surface area contributed by atoms with Crippen LogP contribution in [0, 0.1) is 0 Å². The van der Waals surface area contributed by atoms with E-state index in [1.807, 2.05) is 0 Å². The van der Waals surface area contributed by atoms with Crippen LogP contribution in [0.25, 0.3) is 0 Å². The summed E-state index contributed by atoms with van der Waals surface area (Å²) in [4.78, 5) is 0. The Morgan fingerprint density at radius 2 is 1.86 bits per heavy atom. The van der Waals surface area contributed by atoms with Crippen molar-refractivity contribution >= 4 is 0 Å². The lowest BCUT2D eigenvalue weighted by Crippen LogP contribution is -2.27. The minimum atomic E-state index is -4.49. The maximum atomic E-state index is 11.8. The molecule has 0 rings (SSSR count). The number of hydrogen-bond donors (Lipinski definition) is 1. The van der Waals surface area contributed by atoms with Crippen LogP contribution < -0.4 is 0 Å². The van der Waals surface area contributed by atoms with Crippen molar-refractivity contribution in [3.63, 3.8) is 0 Å². The highest BCUT2D eigenvalue weighted by Gasteiger charge is 2.36. The van der Waals surface area contributed by atoms with Gasteiger partial charge in [-0.15, -0.1) is 0 Å². The molecule has 1 N–H and O–H groups in total. The van der Waals surface area contributed by atoms with Crippen molar-refractivity contribution in [3.05, 3.63) is 12.2 Å². The van der Waals surface area contributed by atoms with Crippen LogP contribution in [-0.4, -0.2) is 17.4 Å². The fraction of sp³-hybridized carbons (Fsp3) is 0.800. The van der Waals surface area contributed by atoms with Crippen LogP contribution in [0.3, 0.4) is 0 Å². The largest absolute Gasteiger partial charge is 0.414 e. The highest BCUT2D eigenvalue weighted by Crippen LogP contribution is 2.22. The van der Waals surface area contributed by atoms with Crippen molar-refractivity contribution in [2.45, 2.75) is 51.3 Å². The number of alkyl halides is 3. The molecule has 0 aliphatic heterocycles. The van der Waals surface area contributed by atoms with E-state index in [0.717, 1.165) is 25.7 Å². The van der Waals surface area contributed by atoms with Crippen LogP contribution in [0.5, 0.6) is 0 Å². The van der Waals surface area contributed by atoms with Gasteiger partial charge in [0.15, 0.2) is 6.10 Å². The summed E-state index contributed by atoms with van der Waals surface area (Å²) in [7, 11) is 0. The average Bonchev–Trinajstić information content (AvgIpc) is 2.09. The fourth-order valence-corrected chi connectivity index (χ4v) is 0.989. The third-order valence-electron chi connectivity index (χ3n) is 1.88. The van der Waals surface area contributed by atoms with Gasteiger partial charge < -0.3 is 5.11 Å². The highest BCUT2D eigenvalue weighted by molar-refractivity contribution is 4.85. The van der Waals surface area contributed by atoms with Crippen LogP contribution in [0.15, 0.2) is 12.2 Å². The maximum absolute atomic E-state index is 11.8. The molecule has 0 aromatic rings. The smallest absolute Gasteiger partial charge is 0.383 e. The van der Waals surface area contributed by atoms with Crippen molar-refractivity contribution in [1.29, 1.82) is 0 Å². The molecule has 0 saturated carbocycles. The Morgan fingerprint density at radius 1 is 1.21 bits per heavy atom. The van der Waals surface area contributed by atoms with E-state index in [0.29, 0.717) is 0 Å². The molecule has 0 heterocycles. The fourth-order valence-electron chi connectivity index (χ4n) is 0.989. The Kier molecular flexibility index (Phi) is 6.62. The van der Waals surface area contributed by atoms with Gasteiger partial charge in [-0.2, -0.15) is 13.2 Å². The van der Waals surface area contributed by atoms with Crippen molar-refractivity contribution < 1.29 is 18.3 Å². The summed E-state index contributed by atoms with van der Waals surface area (Å²) in [5, 5.41) is 8.61. The number of unbranched alkanes of at least 4 members (excludes halogenated alkanes) is 3. The van der Waals surface area contributed by atoms with E-state index in [-0.39, 0.29) is 6.42 Å². The van der Waals surface area contributed by atoms with E-state index in [2.05, 4.69) is 6.92 Å². The van der Waals surface area contributed by atoms with Crippen LogP contribution in [-0.2, 0) is 0 Å². The van der Waals surface area contributed by atoms with Crippen LogP contribution in [0.2, 0.25) is 0 Å². The maximum Gasteiger partial charge on any atom is 0.414 e. The van der Waals surface area contributed by atoms with Gasteiger partial charge in [0.1, 0.15) is 0 Å². The number of aliphatic hydroxyl groups is 1. The van der Waals surface area contributed by atoms with E-state index in [9.17, 15) is 13.2 Å². The van der Waals surface area contributed by atoms with E-state index >= 15 is 0 Å². The van der Waals surface area contributed by atoms with Crippen LogP contribution in [0.1, 0.15) is 39.0 Å². The lowest BCUT2D eigenvalue weighted by Gasteiger charge is -2.11. The normalized spacial score (nSPS) is 14.9. The van der Waals surface area contributed by atoms with Gasteiger partial charge in [-0.25, -0.2) is 0 Å². The second kappa shape index (κ2) is 6.87. The minimum absolute atomic E-state index is 0.338. The zero-order valence-corrected chi connectivity index (χ0v) is 8.35. The number of aliphatic hydroxyl groups excluding tert-OH is 1. The molecule has 84 valence electrons. The Balaban J connectivity index is 3.51. The van der Waals surface area contributed by atoms with Gasteiger partial charge in [0.2, 0.25) is 0 Å². The molecule has 1 nitrogen and oxygen atoms in total. The molecule has 0 saturated heterocycles. The third-order valence-corrected chi connectivity index (χ3v) is 1.88. The van der Waals surface area contributed by atoms with E-state index in [4.69, 9.17) is 5.11 Å². The number of rotatable bonds is 6. The van der Waals surface area contributed by atoms with Crippen molar-refractivity contribution in [1.82, 2.24) is 0 Å². The highest BCUT2D eigenvalue weighted by atomic mass is 19.4. The van der Waals surface area contributed by atoms with E-state index in [1.54, 1.807) is 6.08 Å². The predicted molar refractivity (Wildman–Crippen MR) is 50.0 cm³/mol. The minimum Gasteiger partial charge on any atom is -0.383 e. The summed E-state index contributed by atoms with van der Waals surface area (Å²) < 4.78 is 35.4. The molecule has 0 aromatic carbocycles. The summed E-state index contributed by atoms with van der Waals surface area (Å²) in [6, 6.07) is 0. The summed E-state index contributed by atoms with van der Waals surface area (Å²) in [5.41, 5.74) is 0. The van der Waals surface area contributed by atoms with Gasteiger partial charge >= 0.3 is 6.18 Å². The van der Waals surface area contributed by atoms with Gasteiger partial charge in [-0.1, -0.05) is 31.9 Å². The molecule has 0 spiro atoms. The quantitative estimate of drug-likeness (QED) is 0.526. The first-order valence-corrected chi connectivity index (χ1v) is 4.88. The molecule has 14 heavy (non-hydrogen) atoms. The molecule has 1 atom stereocenters. The van der Waals surface area contributed by atoms with Gasteiger partial charge in [0.25, 0.3) is 0 Å². The second-order valence-electron chi connectivity index (χ2n) is 3.26. The first kappa shape index (κ1) is 13.5. The van der Waals surface area contributed by atoms with Gasteiger partial charge in [0.05, 0.1) is 0 Å². The van der Waals surface area contributed by atoms with Crippen molar-refractivity contribution in [2.24, 2.45) is 0 Å². The Hall–Kier alpha value is -0.510. The Bertz CT molecular complexity index is 163. The molecule has 0 amide bonds. The molecule has 4 heteroatoms. The first-order chi connectivity index (χ1) is 6.48. The van der Waals surface area contributed by atoms with Gasteiger partial charge in [-0.3, -0.25) is 0 Å². The summed E-state index contributed by atoms with van der Waals surface area (Å²) in [5.74, 6) is 0. The molecule has 0 aliphatic rings. The van der Waals surface area contributed by atoms with Crippen LogP contribution >= 0.6 is 0 Å². The lowest BCUT2D eigenvalue weighted by molar-refractivity contribution is -0.202. The summed E-state index contributed by atoms with van der Waals surface area (Å²) >= 11 is 0. The van der Waals surface area contributed by atoms with Crippen LogP contribution in [0.4, 0.5) is 13.2 Å². The van der Waals surface area contributed by atoms with E-state index in [1.165, 1.54) is 6.08 Å². The predicted octanol–water partition coefficient (Wildman–Crippen LogP) is 3.44. The molecular weight excluding hydrogens is 193 g/mol. The van der Waals surface area contributed by atoms with E-state index < -0.39 is 12.3 Å². The Labute approximate surface area is 82.6 Å². The molecule has 0 bridgehead atoms. The molecule has 0 radical (unpaired) electrons. The number of allylic oxidation sites excluding steroid dienone is 1. The third kappa shape index (κ3) is 6.95. The zero-order chi connectivity index (χ0) is 11.0. The number of hydrogen-bond acceptors (Lipinski definition) is 1. The SMILES string of the molecule is CCCCCC=CCC(O)C(F)(F)F. The first-order valence-electron chi connectivity index (χ1n) is 4.88. The van der Waals surface area contributed by atoms with Gasteiger partial charge in [-0.05, 0) is 12.8 Å². The van der Waals surface area contributed by atoms with Crippen molar-refractivity contribution in [2.75, 3.05) is 0 Å². The summed E-state index contributed by atoms with van der Waals surface area (Å²) in [6.07, 6.45) is 0.0190. The number of halogens is 3.